The molecule has 1 aliphatic rings. The summed E-state index contributed by atoms with van der Waals surface area (Å²) in [5, 5.41) is 4.28. The van der Waals surface area contributed by atoms with Gasteiger partial charge >= 0.3 is 0 Å². The maximum absolute atomic E-state index is 13.1. The first-order chi connectivity index (χ1) is 13.6. The van der Waals surface area contributed by atoms with Gasteiger partial charge in [0.15, 0.2) is 0 Å². The van der Waals surface area contributed by atoms with Crippen molar-refractivity contribution < 1.29 is 4.79 Å². The second-order valence-corrected chi connectivity index (χ2v) is 8.46. The fraction of sp³-hybridized carbons (Fsp3) is 0.476. The first kappa shape index (κ1) is 19.2. The number of para-hydroxylation sites is 2. The molecule has 3 aromatic rings. The maximum atomic E-state index is 13.1. The molecule has 4 rings (SSSR count). The van der Waals surface area contributed by atoms with Gasteiger partial charge in [-0.3, -0.25) is 9.48 Å². The lowest BCUT2D eigenvalue weighted by Crippen LogP contribution is -2.43. The molecule has 1 fully saturated rings. The van der Waals surface area contributed by atoms with Crippen LogP contribution in [0.2, 0.25) is 0 Å². The SMILES string of the molecule is CCCn1c(C2CCCN(C(=O)C(C)n3cc(Br)cn3)C2)nc2ccccc21. The van der Waals surface area contributed by atoms with Gasteiger partial charge in [-0.1, -0.05) is 19.1 Å². The third-order valence-electron chi connectivity index (χ3n) is 5.55. The molecule has 0 radical (unpaired) electrons. The highest BCUT2D eigenvalue weighted by Crippen LogP contribution is 2.30. The molecule has 1 aliphatic heterocycles. The highest BCUT2D eigenvalue weighted by Gasteiger charge is 2.31. The second kappa shape index (κ2) is 8.07. The Morgan fingerprint density at radius 3 is 2.93 bits per heavy atom. The van der Waals surface area contributed by atoms with Crippen molar-refractivity contribution in [1.29, 1.82) is 0 Å². The van der Waals surface area contributed by atoms with Crippen LogP contribution in [-0.4, -0.2) is 43.2 Å². The molecule has 7 heteroatoms. The van der Waals surface area contributed by atoms with E-state index in [4.69, 9.17) is 4.98 Å². The van der Waals surface area contributed by atoms with Gasteiger partial charge in [0, 0.05) is 31.7 Å². The minimum Gasteiger partial charge on any atom is -0.340 e. The van der Waals surface area contributed by atoms with E-state index >= 15 is 0 Å². The third kappa shape index (κ3) is 3.60. The number of hydrogen-bond donors (Lipinski definition) is 0. The van der Waals surface area contributed by atoms with Gasteiger partial charge in [0.1, 0.15) is 11.9 Å². The summed E-state index contributed by atoms with van der Waals surface area (Å²) in [4.78, 5) is 20.0. The van der Waals surface area contributed by atoms with Gasteiger partial charge in [0.2, 0.25) is 5.91 Å². The van der Waals surface area contributed by atoms with Gasteiger partial charge < -0.3 is 9.47 Å². The highest BCUT2D eigenvalue weighted by atomic mass is 79.9. The van der Waals surface area contributed by atoms with Crippen LogP contribution in [0.4, 0.5) is 0 Å². The van der Waals surface area contributed by atoms with Gasteiger partial charge in [-0.25, -0.2) is 4.98 Å². The lowest BCUT2D eigenvalue weighted by atomic mass is 9.96. The summed E-state index contributed by atoms with van der Waals surface area (Å²) >= 11 is 3.41. The number of benzene rings is 1. The lowest BCUT2D eigenvalue weighted by molar-refractivity contribution is -0.135. The molecule has 6 nitrogen and oxygen atoms in total. The minimum atomic E-state index is -0.306. The number of aromatic nitrogens is 4. The zero-order valence-corrected chi connectivity index (χ0v) is 18.0. The molecule has 2 unspecified atom stereocenters. The molecule has 0 bridgehead atoms. The van der Waals surface area contributed by atoms with Gasteiger partial charge in [-0.2, -0.15) is 5.10 Å². The monoisotopic (exact) mass is 443 g/mol. The summed E-state index contributed by atoms with van der Waals surface area (Å²) in [6.07, 6.45) is 6.70. The van der Waals surface area contributed by atoms with Crippen molar-refractivity contribution in [3.05, 3.63) is 47.0 Å². The van der Waals surface area contributed by atoms with Gasteiger partial charge in [-0.15, -0.1) is 0 Å². The van der Waals surface area contributed by atoms with Gasteiger partial charge in [0.25, 0.3) is 0 Å². The smallest absolute Gasteiger partial charge is 0.247 e. The molecule has 2 aromatic heterocycles. The topological polar surface area (TPSA) is 56.0 Å². The van der Waals surface area contributed by atoms with E-state index < -0.39 is 0 Å². The predicted molar refractivity (Wildman–Crippen MR) is 113 cm³/mol. The molecule has 28 heavy (non-hydrogen) atoms. The standard InChI is InChI=1S/C21H26BrN5O/c1-3-10-26-19-9-5-4-8-18(19)24-20(26)16-7-6-11-25(13-16)21(28)15(2)27-14-17(22)12-23-27/h4-5,8-9,12,14-16H,3,6-7,10-11,13H2,1-2H3. The second-order valence-electron chi connectivity index (χ2n) is 7.55. The Bertz CT molecular complexity index is 978. The van der Waals surface area contributed by atoms with Crippen LogP contribution in [0.25, 0.3) is 11.0 Å². The number of piperidine rings is 1. The quantitative estimate of drug-likeness (QED) is 0.587. The highest BCUT2D eigenvalue weighted by molar-refractivity contribution is 9.10. The molecule has 148 valence electrons. The van der Waals surface area contributed by atoms with Crippen molar-refractivity contribution in [2.24, 2.45) is 0 Å². The van der Waals surface area contributed by atoms with E-state index in [1.165, 1.54) is 5.52 Å². The van der Waals surface area contributed by atoms with E-state index in [9.17, 15) is 4.79 Å². The Kier molecular flexibility index (Phi) is 5.53. The van der Waals surface area contributed by atoms with Crippen molar-refractivity contribution in [3.63, 3.8) is 0 Å². The summed E-state index contributed by atoms with van der Waals surface area (Å²) in [6.45, 7) is 6.59. The number of carbonyl (C=O) groups is 1. The summed E-state index contributed by atoms with van der Waals surface area (Å²) < 4.78 is 4.96. The van der Waals surface area contributed by atoms with E-state index in [0.29, 0.717) is 0 Å². The molecule has 3 heterocycles. The largest absolute Gasteiger partial charge is 0.340 e. The van der Waals surface area contributed by atoms with E-state index in [2.05, 4.69) is 50.7 Å². The summed E-state index contributed by atoms with van der Waals surface area (Å²) in [6, 6.07) is 8.02. The first-order valence-electron chi connectivity index (χ1n) is 10.0. The van der Waals surface area contributed by atoms with Crippen molar-refractivity contribution in [2.45, 2.75) is 51.6 Å². The molecule has 2 atom stereocenters. The molecule has 0 N–H and O–H groups in total. The molecule has 1 saturated heterocycles. The van der Waals surface area contributed by atoms with E-state index in [1.807, 2.05) is 24.1 Å². The molecule has 1 amide bonds. The van der Waals surface area contributed by atoms with Crippen LogP contribution in [-0.2, 0) is 11.3 Å². The summed E-state index contributed by atoms with van der Waals surface area (Å²) in [5.74, 6) is 1.52. The van der Waals surface area contributed by atoms with Crippen molar-refractivity contribution in [2.75, 3.05) is 13.1 Å². The molecule has 1 aromatic carbocycles. The van der Waals surface area contributed by atoms with Crippen molar-refractivity contribution in [3.8, 4) is 0 Å². The predicted octanol–water partition coefficient (Wildman–Crippen LogP) is 4.37. The Hall–Kier alpha value is -2.15. The van der Waals surface area contributed by atoms with Crippen LogP contribution < -0.4 is 0 Å². The molecular weight excluding hydrogens is 418 g/mol. The number of imidazole rings is 1. The summed E-state index contributed by atoms with van der Waals surface area (Å²) in [5.41, 5.74) is 2.24. The van der Waals surface area contributed by atoms with Crippen LogP contribution in [0.15, 0.2) is 41.1 Å². The molecule has 0 aliphatic carbocycles. The van der Waals surface area contributed by atoms with Gasteiger partial charge in [0.05, 0.1) is 21.7 Å². The Balaban J connectivity index is 1.58. The number of halogens is 1. The van der Waals surface area contributed by atoms with Crippen LogP contribution in [0.1, 0.15) is 50.9 Å². The number of carbonyl (C=O) groups excluding carboxylic acids is 1. The van der Waals surface area contributed by atoms with E-state index in [-0.39, 0.29) is 17.9 Å². The van der Waals surface area contributed by atoms with Crippen LogP contribution in [0.3, 0.4) is 0 Å². The maximum Gasteiger partial charge on any atom is 0.247 e. The van der Waals surface area contributed by atoms with Gasteiger partial charge in [-0.05, 0) is 54.2 Å². The Morgan fingerprint density at radius 1 is 1.36 bits per heavy atom. The summed E-state index contributed by atoms with van der Waals surface area (Å²) in [7, 11) is 0. The number of rotatable bonds is 5. The molecular formula is C21H26BrN5O. The minimum absolute atomic E-state index is 0.124. The number of aryl methyl sites for hydroxylation is 1. The normalized spacial score (nSPS) is 18.5. The Morgan fingerprint density at radius 2 is 2.18 bits per heavy atom. The number of amides is 1. The number of fused-ring (bicyclic) bond motifs is 1. The first-order valence-corrected chi connectivity index (χ1v) is 10.8. The number of nitrogens with zero attached hydrogens (tertiary/aromatic N) is 5. The Labute approximate surface area is 173 Å². The van der Waals surface area contributed by atoms with Crippen molar-refractivity contribution >= 4 is 32.9 Å². The average molecular weight is 444 g/mol. The number of hydrogen-bond acceptors (Lipinski definition) is 3. The van der Waals surface area contributed by atoms with E-state index in [0.717, 1.165) is 54.7 Å². The molecule has 0 spiro atoms. The fourth-order valence-electron chi connectivity index (χ4n) is 4.16. The van der Waals surface area contributed by atoms with Crippen LogP contribution in [0.5, 0.6) is 0 Å². The molecule has 0 saturated carbocycles. The lowest BCUT2D eigenvalue weighted by Gasteiger charge is -2.34. The fourth-order valence-corrected chi connectivity index (χ4v) is 4.46. The zero-order chi connectivity index (χ0) is 19.7. The zero-order valence-electron chi connectivity index (χ0n) is 16.4. The van der Waals surface area contributed by atoms with Crippen LogP contribution >= 0.6 is 15.9 Å². The average Bonchev–Trinajstić information content (AvgIpc) is 3.31. The third-order valence-corrected chi connectivity index (χ3v) is 5.96. The van der Waals surface area contributed by atoms with E-state index in [1.54, 1.807) is 10.9 Å². The van der Waals surface area contributed by atoms with Crippen molar-refractivity contribution in [1.82, 2.24) is 24.2 Å². The number of likely N-dealkylation sites (tertiary alicyclic amines) is 1. The van der Waals surface area contributed by atoms with Crippen LogP contribution in [0, 0.1) is 0 Å².